The van der Waals surface area contributed by atoms with Gasteiger partial charge in [0.2, 0.25) is 5.91 Å². The van der Waals surface area contributed by atoms with Crippen molar-refractivity contribution in [1.82, 2.24) is 5.32 Å². The average molecular weight is 326 g/mol. The van der Waals surface area contributed by atoms with E-state index in [1.807, 2.05) is 0 Å². The van der Waals surface area contributed by atoms with E-state index in [1.54, 1.807) is 13.8 Å². The van der Waals surface area contributed by atoms with Crippen LogP contribution in [-0.4, -0.2) is 29.7 Å². The Morgan fingerprint density at radius 2 is 1.79 bits per heavy atom. The van der Waals surface area contributed by atoms with Crippen molar-refractivity contribution < 1.29 is 9.90 Å². The predicted molar refractivity (Wildman–Crippen MR) is 79.2 cm³/mol. The quantitative estimate of drug-likeness (QED) is 0.780. The summed E-state index contributed by atoms with van der Waals surface area (Å²) in [6.07, 6.45) is -0.530. The van der Waals surface area contributed by atoms with Gasteiger partial charge in [0, 0.05) is 11.6 Å². The molecule has 0 aromatic heterocycles. The van der Waals surface area contributed by atoms with Crippen molar-refractivity contribution in [3.8, 4) is 0 Å². The zero-order valence-electron chi connectivity index (χ0n) is 10.5. The van der Waals surface area contributed by atoms with Crippen LogP contribution < -0.4 is 10.6 Å². The Bertz CT molecular complexity index is 443. The first-order valence-corrected chi connectivity index (χ1v) is 6.81. The summed E-state index contributed by atoms with van der Waals surface area (Å²) in [6.45, 7) is 3.62. The molecule has 0 saturated carbocycles. The Balaban J connectivity index is 2.72. The van der Waals surface area contributed by atoms with Crippen LogP contribution in [0, 0.1) is 0 Å². The Morgan fingerprint density at radius 3 is 2.26 bits per heavy atom. The lowest BCUT2D eigenvalue weighted by molar-refractivity contribution is -0.117. The number of aliphatic hydroxyl groups excluding tert-OH is 1. The lowest BCUT2D eigenvalue weighted by Crippen LogP contribution is -2.41. The molecule has 0 aliphatic carbocycles. The molecule has 4 nitrogen and oxygen atoms in total. The smallest absolute Gasteiger partial charge is 0.241 e. The van der Waals surface area contributed by atoms with Gasteiger partial charge in [-0.1, -0.05) is 34.8 Å². The molecule has 2 atom stereocenters. The number of carbonyl (C=O) groups excluding carboxylic acids is 1. The van der Waals surface area contributed by atoms with Gasteiger partial charge in [0.05, 0.1) is 27.9 Å². The molecule has 1 rings (SSSR count). The molecule has 3 N–H and O–H groups in total. The lowest BCUT2D eigenvalue weighted by Gasteiger charge is -2.16. The van der Waals surface area contributed by atoms with Gasteiger partial charge in [0.1, 0.15) is 0 Å². The van der Waals surface area contributed by atoms with Crippen molar-refractivity contribution >= 4 is 46.4 Å². The van der Waals surface area contributed by atoms with Crippen LogP contribution in [-0.2, 0) is 4.79 Å². The highest BCUT2D eigenvalue weighted by atomic mass is 35.5. The summed E-state index contributed by atoms with van der Waals surface area (Å²) in [5, 5.41) is 15.6. The van der Waals surface area contributed by atoms with Gasteiger partial charge in [-0.3, -0.25) is 4.79 Å². The minimum absolute atomic E-state index is 0.272. The van der Waals surface area contributed by atoms with Crippen LogP contribution in [0.25, 0.3) is 0 Å². The van der Waals surface area contributed by atoms with Gasteiger partial charge in [0.15, 0.2) is 0 Å². The van der Waals surface area contributed by atoms with Crippen LogP contribution in [0.15, 0.2) is 12.1 Å². The normalized spacial score (nSPS) is 14.0. The third kappa shape index (κ3) is 5.16. The van der Waals surface area contributed by atoms with E-state index >= 15 is 0 Å². The number of amides is 1. The number of nitrogens with one attached hydrogen (secondary N) is 2. The first-order valence-electron chi connectivity index (χ1n) is 5.68. The van der Waals surface area contributed by atoms with Gasteiger partial charge >= 0.3 is 0 Å². The summed E-state index contributed by atoms with van der Waals surface area (Å²) >= 11 is 17.7. The van der Waals surface area contributed by atoms with Crippen molar-refractivity contribution in [2.75, 3.05) is 11.9 Å². The summed E-state index contributed by atoms with van der Waals surface area (Å²) < 4.78 is 0. The third-order valence-corrected chi connectivity index (χ3v) is 3.18. The SMILES string of the molecule is C[C@H](O)CN[C@H](C)C(=O)Nc1c(Cl)cc(Cl)cc1Cl. The van der Waals surface area contributed by atoms with E-state index in [2.05, 4.69) is 10.6 Å². The number of hydrogen-bond acceptors (Lipinski definition) is 3. The number of rotatable bonds is 5. The molecule has 1 aromatic carbocycles. The van der Waals surface area contributed by atoms with Gasteiger partial charge < -0.3 is 15.7 Å². The highest BCUT2D eigenvalue weighted by Gasteiger charge is 2.16. The highest BCUT2D eigenvalue weighted by molar-refractivity contribution is 6.42. The summed E-state index contributed by atoms with van der Waals surface area (Å²) in [6, 6.07) is 2.51. The maximum Gasteiger partial charge on any atom is 0.241 e. The Labute approximate surface area is 127 Å². The predicted octanol–water partition coefficient (Wildman–Crippen LogP) is 2.94. The van der Waals surface area contributed by atoms with E-state index in [-0.39, 0.29) is 16.0 Å². The molecule has 0 aliphatic heterocycles. The molecule has 0 fully saturated rings. The molecule has 0 bridgehead atoms. The second-order valence-corrected chi connectivity index (χ2v) is 5.46. The number of hydrogen-bond donors (Lipinski definition) is 3. The maximum absolute atomic E-state index is 11.9. The summed E-state index contributed by atoms with van der Waals surface area (Å²) in [5.74, 6) is -0.299. The molecule has 0 radical (unpaired) electrons. The highest BCUT2D eigenvalue weighted by Crippen LogP contribution is 2.33. The van der Waals surface area contributed by atoms with Crippen molar-refractivity contribution in [2.45, 2.75) is 26.0 Å². The van der Waals surface area contributed by atoms with Crippen LogP contribution in [0.1, 0.15) is 13.8 Å². The summed E-state index contributed by atoms with van der Waals surface area (Å²) in [5.41, 5.74) is 0.323. The Morgan fingerprint density at radius 1 is 1.26 bits per heavy atom. The van der Waals surface area contributed by atoms with Crippen LogP contribution in [0.2, 0.25) is 15.1 Å². The monoisotopic (exact) mass is 324 g/mol. The molecular formula is C12H15Cl3N2O2. The number of anilines is 1. The molecule has 0 saturated heterocycles. The topological polar surface area (TPSA) is 61.4 Å². The largest absolute Gasteiger partial charge is 0.392 e. The molecule has 0 unspecified atom stereocenters. The van der Waals surface area contributed by atoms with E-state index in [9.17, 15) is 4.79 Å². The van der Waals surface area contributed by atoms with E-state index < -0.39 is 12.1 Å². The van der Waals surface area contributed by atoms with Crippen molar-refractivity contribution in [3.63, 3.8) is 0 Å². The number of halogens is 3. The van der Waals surface area contributed by atoms with Crippen LogP contribution in [0.4, 0.5) is 5.69 Å². The lowest BCUT2D eigenvalue weighted by atomic mass is 10.2. The van der Waals surface area contributed by atoms with Crippen molar-refractivity contribution in [2.24, 2.45) is 0 Å². The molecule has 1 aromatic rings. The average Bonchev–Trinajstić information content (AvgIpc) is 2.30. The van der Waals surface area contributed by atoms with E-state index in [0.29, 0.717) is 17.3 Å². The second-order valence-electron chi connectivity index (χ2n) is 4.21. The van der Waals surface area contributed by atoms with E-state index in [1.165, 1.54) is 12.1 Å². The fourth-order valence-corrected chi connectivity index (χ4v) is 2.24. The second kappa shape index (κ2) is 7.31. The Hall–Kier alpha value is -0.520. The molecular weight excluding hydrogens is 311 g/mol. The van der Waals surface area contributed by atoms with E-state index in [4.69, 9.17) is 39.9 Å². The number of benzene rings is 1. The van der Waals surface area contributed by atoms with Crippen LogP contribution in [0.5, 0.6) is 0 Å². The minimum Gasteiger partial charge on any atom is -0.392 e. The maximum atomic E-state index is 11.9. The third-order valence-electron chi connectivity index (χ3n) is 2.37. The molecule has 7 heteroatoms. The van der Waals surface area contributed by atoms with Crippen molar-refractivity contribution in [3.05, 3.63) is 27.2 Å². The number of carbonyl (C=O) groups is 1. The fourth-order valence-electron chi connectivity index (χ4n) is 1.33. The number of aliphatic hydroxyl groups is 1. The van der Waals surface area contributed by atoms with Gasteiger partial charge in [0.25, 0.3) is 0 Å². The standard InChI is InChI=1S/C12H15Cl3N2O2/c1-6(18)5-16-7(2)12(19)17-11-9(14)3-8(13)4-10(11)15/h3-4,6-7,16,18H,5H2,1-2H3,(H,17,19)/t6-,7+/m0/s1. The zero-order valence-corrected chi connectivity index (χ0v) is 12.8. The summed E-state index contributed by atoms with van der Waals surface area (Å²) in [7, 11) is 0. The molecule has 19 heavy (non-hydrogen) atoms. The van der Waals surface area contributed by atoms with Gasteiger partial charge in [-0.2, -0.15) is 0 Å². The molecule has 0 aliphatic rings. The van der Waals surface area contributed by atoms with Crippen molar-refractivity contribution in [1.29, 1.82) is 0 Å². The van der Waals surface area contributed by atoms with Gasteiger partial charge in [-0.15, -0.1) is 0 Å². The fraction of sp³-hybridized carbons (Fsp3) is 0.417. The zero-order chi connectivity index (χ0) is 14.6. The van der Waals surface area contributed by atoms with Gasteiger partial charge in [-0.05, 0) is 26.0 Å². The molecule has 0 spiro atoms. The van der Waals surface area contributed by atoms with Crippen LogP contribution >= 0.6 is 34.8 Å². The first kappa shape index (κ1) is 16.5. The summed E-state index contributed by atoms with van der Waals surface area (Å²) in [4.78, 5) is 11.9. The van der Waals surface area contributed by atoms with E-state index in [0.717, 1.165) is 0 Å². The molecule has 0 heterocycles. The molecule has 1 amide bonds. The first-order chi connectivity index (χ1) is 8.81. The molecule has 106 valence electrons. The van der Waals surface area contributed by atoms with Crippen LogP contribution in [0.3, 0.4) is 0 Å². The van der Waals surface area contributed by atoms with Gasteiger partial charge in [-0.25, -0.2) is 0 Å². The minimum atomic E-state index is -0.530. The Kier molecular flexibility index (Phi) is 6.36.